The summed E-state index contributed by atoms with van der Waals surface area (Å²) in [5.41, 5.74) is 1.91. The van der Waals surface area contributed by atoms with Crippen LogP contribution in [0.2, 0.25) is 0 Å². The second-order valence-corrected chi connectivity index (χ2v) is 4.72. The zero-order valence-electron chi connectivity index (χ0n) is 12.2. The Bertz CT molecular complexity index is 653. The number of aryl methyl sites for hydroxylation is 1. The third-order valence-electron chi connectivity index (χ3n) is 3.12. The summed E-state index contributed by atoms with van der Waals surface area (Å²) in [6, 6.07) is 5.85. The Balaban J connectivity index is 0.000000361. The Morgan fingerprint density at radius 1 is 1.48 bits per heavy atom. The number of benzene rings is 1. The van der Waals surface area contributed by atoms with E-state index in [9.17, 15) is 4.79 Å². The van der Waals surface area contributed by atoms with E-state index in [1.54, 1.807) is 18.1 Å². The van der Waals surface area contributed by atoms with E-state index in [0.717, 1.165) is 16.6 Å². The summed E-state index contributed by atoms with van der Waals surface area (Å²) in [7, 11) is 3.46. The predicted octanol–water partition coefficient (Wildman–Crippen LogP) is 1.28. The third-order valence-corrected chi connectivity index (χ3v) is 3.12. The van der Waals surface area contributed by atoms with Crippen LogP contribution in [0, 0.1) is 0 Å². The van der Waals surface area contributed by atoms with Gasteiger partial charge in [0.1, 0.15) is 6.10 Å². The van der Waals surface area contributed by atoms with Crippen molar-refractivity contribution in [1.29, 1.82) is 0 Å². The molecule has 1 fully saturated rings. The van der Waals surface area contributed by atoms with Crippen LogP contribution < -0.4 is 10.2 Å². The Morgan fingerprint density at radius 2 is 2.19 bits per heavy atom. The van der Waals surface area contributed by atoms with Gasteiger partial charge in [0.05, 0.1) is 18.3 Å². The zero-order chi connectivity index (χ0) is 15.4. The van der Waals surface area contributed by atoms with Gasteiger partial charge < -0.3 is 10.1 Å². The van der Waals surface area contributed by atoms with E-state index in [4.69, 9.17) is 9.53 Å². The molecule has 2 heterocycles. The maximum absolute atomic E-state index is 11.6. The number of cyclic esters (lactones) is 1. The van der Waals surface area contributed by atoms with Crippen LogP contribution in [-0.4, -0.2) is 42.0 Å². The number of fused-ring (bicyclic) bond motifs is 1. The summed E-state index contributed by atoms with van der Waals surface area (Å²) in [4.78, 5) is 22.3. The van der Waals surface area contributed by atoms with Crippen LogP contribution in [0.5, 0.6) is 0 Å². The lowest BCUT2D eigenvalue weighted by Crippen LogP contribution is -2.23. The zero-order valence-corrected chi connectivity index (χ0v) is 12.2. The first-order valence-electron chi connectivity index (χ1n) is 6.57. The van der Waals surface area contributed by atoms with Crippen LogP contribution in [-0.2, 0) is 16.6 Å². The molecule has 1 N–H and O–H groups in total. The van der Waals surface area contributed by atoms with Gasteiger partial charge in [0.15, 0.2) is 0 Å². The highest BCUT2D eigenvalue weighted by Crippen LogP contribution is 2.25. The molecule has 21 heavy (non-hydrogen) atoms. The van der Waals surface area contributed by atoms with E-state index >= 15 is 0 Å². The number of ether oxygens (including phenoxy) is 1. The predicted molar refractivity (Wildman–Crippen MR) is 79.1 cm³/mol. The summed E-state index contributed by atoms with van der Waals surface area (Å²) in [5, 5.41) is 7.45. The van der Waals surface area contributed by atoms with Gasteiger partial charge >= 0.3 is 6.09 Å². The number of rotatable bonds is 2. The van der Waals surface area contributed by atoms with Gasteiger partial charge in [-0.1, -0.05) is 0 Å². The molecular formula is C14H18N4O3. The number of carbonyl (C=O) groups is 2. The monoisotopic (exact) mass is 290 g/mol. The van der Waals surface area contributed by atoms with Crippen LogP contribution in [0.3, 0.4) is 0 Å². The van der Waals surface area contributed by atoms with Crippen molar-refractivity contribution in [3.8, 4) is 0 Å². The van der Waals surface area contributed by atoms with E-state index in [2.05, 4.69) is 10.4 Å². The quantitative estimate of drug-likeness (QED) is 0.845. The molecule has 2 amide bonds. The lowest BCUT2D eigenvalue weighted by atomic mass is 10.2. The fraction of sp³-hybridized carbons (Fsp3) is 0.357. The van der Waals surface area contributed by atoms with Crippen LogP contribution in [0.25, 0.3) is 10.9 Å². The molecule has 0 radical (unpaired) electrons. The van der Waals surface area contributed by atoms with Gasteiger partial charge in [-0.05, 0) is 25.1 Å². The number of nitrogens with zero attached hydrogens (tertiary/aromatic N) is 3. The van der Waals surface area contributed by atoms with Crippen molar-refractivity contribution in [1.82, 2.24) is 15.1 Å². The molecule has 112 valence electrons. The number of hydrogen-bond donors (Lipinski definition) is 1. The third kappa shape index (κ3) is 3.13. The molecule has 2 aromatic rings. The normalized spacial score (nSPS) is 17.2. The lowest BCUT2D eigenvalue weighted by Gasteiger charge is -2.12. The maximum Gasteiger partial charge on any atom is 0.414 e. The maximum atomic E-state index is 11.6. The van der Waals surface area contributed by atoms with Gasteiger partial charge in [0.2, 0.25) is 6.41 Å². The van der Waals surface area contributed by atoms with Gasteiger partial charge in [-0.25, -0.2) is 4.79 Å². The Hall–Kier alpha value is -2.57. The second kappa shape index (κ2) is 6.25. The van der Waals surface area contributed by atoms with Gasteiger partial charge in [0, 0.05) is 25.2 Å². The molecular weight excluding hydrogens is 272 g/mol. The smallest absolute Gasteiger partial charge is 0.414 e. The highest BCUT2D eigenvalue weighted by molar-refractivity contribution is 5.93. The van der Waals surface area contributed by atoms with Crippen molar-refractivity contribution in [2.75, 3.05) is 18.5 Å². The average molecular weight is 290 g/mol. The van der Waals surface area contributed by atoms with Crippen molar-refractivity contribution >= 4 is 29.1 Å². The molecule has 0 saturated carbocycles. The number of anilines is 1. The Labute approximate surface area is 122 Å². The van der Waals surface area contributed by atoms with Gasteiger partial charge in [-0.3, -0.25) is 14.4 Å². The number of nitrogens with one attached hydrogen (secondary N) is 1. The minimum Gasteiger partial charge on any atom is -0.444 e. The molecule has 7 nitrogen and oxygen atoms in total. The van der Waals surface area contributed by atoms with Crippen molar-refractivity contribution in [2.45, 2.75) is 13.0 Å². The number of amides is 2. The molecule has 0 aliphatic carbocycles. The van der Waals surface area contributed by atoms with Gasteiger partial charge in [-0.15, -0.1) is 0 Å². The van der Waals surface area contributed by atoms with E-state index < -0.39 is 0 Å². The average Bonchev–Trinajstić information content (AvgIpc) is 3.01. The molecule has 1 aromatic carbocycles. The first-order chi connectivity index (χ1) is 10.1. The molecule has 1 aliphatic heterocycles. The molecule has 1 aliphatic rings. The summed E-state index contributed by atoms with van der Waals surface area (Å²) >= 11 is 0. The number of carbonyl (C=O) groups excluding carboxylic acids is 2. The summed E-state index contributed by atoms with van der Waals surface area (Å²) in [5.74, 6) is 0. The molecule has 1 unspecified atom stereocenters. The second-order valence-electron chi connectivity index (χ2n) is 4.72. The van der Waals surface area contributed by atoms with Crippen LogP contribution in [0.15, 0.2) is 24.4 Å². The molecule has 1 aromatic heterocycles. The summed E-state index contributed by atoms with van der Waals surface area (Å²) in [6.45, 7) is 2.49. The Morgan fingerprint density at radius 3 is 2.76 bits per heavy atom. The number of hydrogen-bond acceptors (Lipinski definition) is 4. The molecule has 0 bridgehead atoms. The fourth-order valence-electron chi connectivity index (χ4n) is 2.13. The molecule has 1 atom stereocenters. The first kappa shape index (κ1) is 14.8. The minimum absolute atomic E-state index is 0.0490. The SMILES string of the molecule is CC1CN(c2ccc3c(cnn3C)c2)C(=O)O1.CNC=O. The fourth-order valence-corrected chi connectivity index (χ4v) is 2.13. The summed E-state index contributed by atoms with van der Waals surface area (Å²) < 4.78 is 6.92. The van der Waals surface area contributed by atoms with Gasteiger partial charge in [0.25, 0.3) is 0 Å². The van der Waals surface area contributed by atoms with Crippen LogP contribution in [0.1, 0.15) is 6.92 Å². The molecule has 1 saturated heterocycles. The standard InChI is InChI=1S/C12H13N3O2.C2H5NO/c1-8-7-15(12(16)17-8)10-3-4-11-9(5-10)6-13-14(11)2;1-3-2-4/h3-6,8H,7H2,1-2H3;2H,1H3,(H,3,4). The van der Waals surface area contributed by atoms with Crippen molar-refractivity contribution in [2.24, 2.45) is 7.05 Å². The van der Waals surface area contributed by atoms with Crippen LogP contribution in [0.4, 0.5) is 10.5 Å². The van der Waals surface area contributed by atoms with E-state index in [1.807, 2.05) is 36.9 Å². The van der Waals surface area contributed by atoms with E-state index in [0.29, 0.717) is 13.0 Å². The van der Waals surface area contributed by atoms with E-state index in [-0.39, 0.29) is 12.2 Å². The van der Waals surface area contributed by atoms with Crippen LogP contribution >= 0.6 is 0 Å². The van der Waals surface area contributed by atoms with Crippen molar-refractivity contribution in [3.63, 3.8) is 0 Å². The highest BCUT2D eigenvalue weighted by Gasteiger charge is 2.29. The first-order valence-corrected chi connectivity index (χ1v) is 6.57. The minimum atomic E-state index is -0.277. The Kier molecular flexibility index (Phi) is 4.42. The highest BCUT2D eigenvalue weighted by atomic mass is 16.6. The molecule has 0 spiro atoms. The van der Waals surface area contributed by atoms with E-state index in [1.165, 1.54) is 0 Å². The van der Waals surface area contributed by atoms with Crippen molar-refractivity contribution in [3.05, 3.63) is 24.4 Å². The summed E-state index contributed by atoms with van der Waals surface area (Å²) in [6.07, 6.45) is 2.09. The van der Waals surface area contributed by atoms with Crippen molar-refractivity contribution < 1.29 is 14.3 Å². The molecule has 3 rings (SSSR count). The largest absolute Gasteiger partial charge is 0.444 e. The lowest BCUT2D eigenvalue weighted by molar-refractivity contribution is -0.109. The topological polar surface area (TPSA) is 76.5 Å². The van der Waals surface area contributed by atoms with Gasteiger partial charge in [-0.2, -0.15) is 5.10 Å². The molecule has 7 heteroatoms. The number of aromatic nitrogens is 2.